The number of rotatable bonds is 3. The van der Waals surface area contributed by atoms with Crippen LogP contribution in [0.3, 0.4) is 0 Å². The highest BCUT2D eigenvalue weighted by atomic mass is 16.5. The summed E-state index contributed by atoms with van der Waals surface area (Å²) in [6.45, 7) is 4.00. The second-order valence-electron chi connectivity index (χ2n) is 8.62. The number of nitrogens with zero attached hydrogens (tertiary/aromatic N) is 1. The quantitative estimate of drug-likeness (QED) is 0.383. The Morgan fingerprint density at radius 3 is 2.42 bits per heavy atom. The molecule has 10 heteroatoms. The number of fused-ring (bicyclic) bond motifs is 3. The van der Waals surface area contributed by atoms with E-state index in [1.807, 2.05) is 0 Å². The monoisotopic (exact) mass is 456 g/mol. The van der Waals surface area contributed by atoms with Gasteiger partial charge in [0, 0.05) is 5.92 Å². The lowest BCUT2D eigenvalue weighted by Crippen LogP contribution is -2.70. The Morgan fingerprint density at radius 2 is 1.88 bits per heavy atom. The fraction of sp³-hybridized carbons (Fsp3) is 0.348. The van der Waals surface area contributed by atoms with Crippen LogP contribution < -0.4 is 10.5 Å². The molecular formula is C23H24N2O8. The fourth-order valence-electron chi connectivity index (χ4n) is 5.37. The molecule has 4 rings (SSSR count). The van der Waals surface area contributed by atoms with Crippen LogP contribution in [0.2, 0.25) is 0 Å². The number of likely N-dealkylation sites (N-methyl/N-ethyl adjacent to an activating group) is 1. The van der Waals surface area contributed by atoms with Gasteiger partial charge in [0.25, 0.3) is 5.91 Å². The molecule has 0 radical (unpaired) electrons. The summed E-state index contributed by atoms with van der Waals surface area (Å²) in [6.07, 6.45) is -1.65. The lowest BCUT2D eigenvalue weighted by molar-refractivity contribution is -0.166. The van der Waals surface area contributed by atoms with Gasteiger partial charge in [-0.25, -0.2) is 0 Å². The Hall–Kier alpha value is -3.47. The number of hydrogen-bond acceptors (Lipinski definition) is 9. The van der Waals surface area contributed by atoms with Crippen molar-refractivity contribution < 1.29 is 39.5 Å². The molecule has 1 saturated carbocycles. The van der Waals surface area contributed by atoms with Crippen LogP contribution in [0.25, 0.3) is 11.3 Å². The summed E-state index contributed by atoms with van der Waals surface area (Å²) >= 11 is 0. The van der Waals surface area contributed by atoms with Crippen molar-refractivity contribution in [2.45, 2.75) is 17.7 Å². The third-order valence-corrected chi connectivity index (χ3v) is 6.81. The van der Waals surface area contributed by atoms with E-state index >= 15 is 0 Å². The lowest BCUT2D eigenvalue weighted by atomic mass is 9.55. The molecule has 0 aliphatic heterocycles. The summed E-state index contributed by atoms with van der Waals surface area (Å²) in [5, 5.41) is 44.9. The van der Waals surface area contributed by atoms with Crippen LogP contribution >= 0.6 is 0 Å². The number of amides is 1. The standard InChI is InChI=1S/C23H24N2O8/c1-8-9-6-5-7-10(33-4)12(9)17(26)13-11(8)18(27)15-16(25(2)3)19(28)14(22(24)31)21(30)23(15,32)20(13)29/h5-7,11,15-16,18,26-27,30,32H,1H2,2-4H3,(H2,24,31)/t11-,15-,16+,18+,23+/m1/s1. The van der Waals surface area contributed by atoms with Crippen molar-refractivity contribution in [2.24, 2.45) is 17.6 Å². The van der Waals surface area contributed by atoms with E-state index in [-0.39, 0.29) is 16.9 Å². The number of carbonyl (C=O) groups is 3. The number of Topliss-reactive ketones (excluding diaryl/α,β-unsaturated/α-hetero) is 2. The van der Waals surface area contributed by atoms with Gasteiger partial charge in [0.1, 0.15) is 22.8 Å². The normalized spacial score (nSPS) is 31.4. The summed E-state index contributed by atoms with van der Waals surface area (Å²) < 4.78 is 5.29. The topological polar surface area (TPSA) is 171 Å². The van der Waals surface area contributed by atoms with E-state index in [0.717, 1.165) is 0 Å². The molecular weight excluding hydrogens is 432 g/mol. The first-order valence-electron chi connectivity index (χ1n) is 10.1. The summed E-state index contributed by atoms with van der Waals surface area (Å²) in [4.78, 5) is 40.1. The number of nitrogens with two attached hydrogens (primary N) is 1. The Morgan fingerprint density at radius 1 is 1.24 bits per heavy atom. The highest BCUT2D eigenvalue weighted by Crippen LogP contribution is 2.55. The zero-order valence-electron chi connectivity index (χ0n) is 18.2. The maximum Gasteiger partial charge on any atom is 0.255 e. The number of carbonyl (C=O) groups excluding carboxylic acids is 3. The first-order chi connectivity index (χ1) is 15.4. The van der Waals surface area contributed by atoms with Gasteiger partial charge in [-0.2, -0.15) is 0 Å². The maximum atomic E-state index is 13.7. The molecule has 33 heavy (non-hydrogen) atoms. The molecule has 5 atom stereocenters. The van der Waals surface area contributed by atoms with Crippen LogP contribution in [0.1, 0.15) is 11.1 Å². The van der Waals surface area contributed by atoms with Gasteiger partial charge < -0.3 is 30.9 Å². The van der Waals surface area contributed by atoms with Crippen LogP contribution in [-0.4, -0.2) is 81.8 Å². The molecule has 0 heterocycles. The minimum Gasteiger partial charge on any atom is -0.508 e. The molecule has 174 valence electrons. The van der Waals surface area contributed by atoms with Crippen molar-refractivity contribution in [3.63, 3.8) is 0 Å². The van der Waals surface area contributed by atoms with Gasteiger partial charge in [0.05, 0.1) is 36.3 Å². The second-order valence-corrected chi connectivity index (χ2v) is 8.62. The third kappa shape index (κ3) is 2.68. The van der Waals surface area contributed by atoms with Crippen molar-refractivity contribution in [1.29, 1.82) is 0 Å². The second kappa shape index (κ2) is 7.27. The molecule has 1 fully saturated rings. The van der Waals surface area contributed by atoms with E-state index in [1.165, 1.54) is 26.1 Å². The van der Waals surface area contributed by atoms with Gasteiger partial charge in [-0.3, -0.25) is 19.3 Å². The van der Waals surface area contributed by atoms with Crippen LogP contribution in [0, 0.1) is 11.8 Å². The molecule has 1 aromatic carbocycles. The Labute approximate surface area is 188 Å². The number of methoxy groups -OCH3 is 1. The van der Waals surface area contributed by atoms with Gasteiger partial charge >= 0.3 is 0 Å². The van der Waals surface area contributed by atoms with E-state index in [0.29, 0.717) is 5.56 Å². The molecule has 0 aromatic heterocycles. The fourth-order valence-corrected chi connectivity index (χ4v) is 5.37. The largest absolute Gasteiger partial charge is 0.508 e. The van der Waals surface area contributed by atoms with E-state index in [4.69, 9.17) is 10.5 Å². The molecule has 0 saturated heterocycles. The number of aliphatic hydroxyl groups excluding tert-OH is 3. The first-order valence-corrected chi connectivity index (χ1v) is 10.1. The van der Waals surface area contributed by atoms with E-state index < -0.39 is 69.7 Å². The molecule has 0 spiro atoms. The molecule has 0 unspecified atom stereocenters. The SMILES string of the molecule is C=C1c2cccc(OC)c2C(O)=C2C(=O)[C@]3(O)C(O)=C(C(N)=O)C(=O)[C@@H](N(C)C)[C@@H]3[C@@H](O)[C@H]12. The lowest BCUT2D eigenvalue weighted by Gasteiger charge is -2.52. The molecule has 0 bridgehead atoms. The predicted molar refractivity (Wildman–Crippen MR) is 116 cm³/mol. The summed E-state index contributed by atoms with van der Waals surface area (Å²) in [6, 6.07) is 3.45. The highest BCUT2D eigenvalue weighted by molar-refractivity contribution is 6.25. The van der Waals surface area contributed by atoms with Crippen molar-refractivity contribution in [1.82, 2.24) is 4.90 Å². The van der Waals surface area contributed by atoms with Gasteiger partial charge in [-0.15, -0.1) is 0 Å². The van der Waals surface area contributed by atoms with Crippen molar-refractivity contribution in [3.8, 4) is 5.75 Å². The summed E-state index contributed by atoms with van der Waals surface area (Å²) in [5.41, 5.74) is 1.85. The van der Waals surface area contributed by atoms with Crippen LogP contribution in [0.15, 0.2) is 41.7 Å². The third-order valence-electron chi connectivity index (χ3n) is 6.81. The van der Waals surface area contributed by atoms with Crippen molar-refractivity contribution >= 4 is 28.8 Å². The highest BCUT2D eigenvalue weighted by Gasteiger charge is 2.68. The van der Waals surface area contributed by atoms with Crippen molar-refractivity contribution in [3.05, 3.63) is 52.8 Å². The zero-order valence-corrected chi connectivity index (χ0v) is 18.2. The van der Waals surface area contributed by atoms with E-state index in [9.17, 15) is 34.8 Å². The molecule has 10 nitrogen and oxygen atoms in total. The predicted octanol–water partition coefficient (Wildman–Crippen LogP) is -0.291. The number of hydrogen-bond donors (Lipinski definition) is 5. The molecule has 1 amide bonds. The number of ether oxygens (including phenoxy) is 1. The molecule has 3 aliphatic rings. The van der Waals surface area contributed by atoms with Gasteiger partial charge in [0.2, 0.25) is 5.78 Å². The number of benzene rings is 1. The Bertz CT molecular complexity index is 1200. The summed E-state index contributed by atoms with van der Waals surface area (Å²) in [7, 11) is 4.28. The van der Waals surface area contributed by atoms with E-state index in [1.54, 1.807) is 18.2 Å². The van der Waals surface area contributed by atoms with Gasteiger partial charge in [0.15, 0.2) is 11.4 Å². The average molecular weight is 456 g/mol. The van der Waals surface area contributed by atoms with Crippen LogP contribution in [-0.2, 0) is 14.4 Å². The minimum absolute atomic E-state index is 0.133. The maximum absolute atomic E-state index is 13.7. The van der Waals surface area contributed by atoms with Gasteiger partial charge in [-0.1, -0.05) is 18.7 Å². The first kappa shape index (κ1) is 22.7. The number of aliphatic hydroxyl groups is 4. The van der Waals surface area contributed by atoms with Crippen LogP contribution in [0.4, 0.5) is 0 Å². The zero-order chi connectivity index (χ0) is 24.6. The van der Waals surface area contributed by atoms with Gasteiger partial charge in [-0.05, 0) is 31.3 Å². The summed E-state index contributed by atoms with van der Waals surface area (Å²) in [5.74, 6) is -7.82. The smallest absolute Gasteiger partial charge is 0.255 e. The molecule has 1 aromatic rings. The number of primary amides is 1. The minimum atomic E-state index is -2.90. The Kier molecular flexibility index (Phi) is 5.01. The van der Waals surface area contributed by atoms with Crippen molar-refractivity contribution in [2.75, 3.05) is 21.2 Å². The number of ketones is 2. The molecule has 3 aliphatic carbocycles. The molecule has 6 N–H and O–H groups in total. The van der Waals surface area contributed by atoms with Crippen LogP contribution in [0.5, 0.6) is 5.75 Å². The van der Waals surface area contributed by atoms with E-state index in [2.05, 4.69) is 6.58 Å². The average Bonchev–Trinajstić information content (AvgIpc) is 2.75. The Balaban J connectivity index is 2.08.